The fourth-order valence-corrected chi connectivity index (χ4v) is 19.7. The van der Waals surface area contributed by atoms with Gasteiger partial charge in [-0.15, -0.1) is 11.3 Å². The highest BCUT2D eigenvalue weighted by molar-refractivity contribution is 7.25. The van der Waals surface area contributed by atoms with Gasteiger partial charge in [-0.05, 0) is 203 Å². The summed E-state index contributed by atoms with van der Waals surface area (Å²) < 4.78 is 17.3. The van der Waals surface area contributed by atoms with Gasteiger partial charge in [0.05, 0.1) is 66.2 Å². The number of fused-ring (bicyclic) bond motifs is 21. The van der Waals surface area contributed by atoms with Crippen molar-refractivity contribution in [1.29, 1.82) is 0 Å². The maximum atomic E-state index is 2.50. The zero-order chi connectivity index (χ0) is 71.1. The number of hydrogen-bond acceptors (Lipinski definition) is 1. The Labute approximate surface area is 629 Å². The molecule has 0 spiro atoms. The lowest BCUT2D eigenvalue weighted by atomic mass is 9.96. The van der Waals surface area contributed by atoms with Gasteiger partial charge in [0.2, 0.25) is 0 Å². The van der Waals surface area contributed by atoms with Gasteiger partial charge in [0.1, 0.15) is 0 Å². The Hall–Kier alpha value is -14.2. The molecule has 24 rings (SSSR count). The van der Waals surface area contributed by atoms with Crippen molar-refractivity contribution < 1.29 is 0 Å². The van der Waals surface area contributed by atoms with Crippen LogP contribution in [-0.2, 0) is 0 Å². The number of thiophene rings is 1. The Morgan fingerprint density at radius 3 is 0.789 bits per heavy atom. The van der Waals surface area contributed by atoms with E-state index in [0.717, 1.165) is 89.6 Å². The van der Waals surface area contributed by atoms with Crippen LogP contribution in [0.25, 0.3) is 219 Å². The van der Waals surface area contributed by atoms with Crippen LogP contribution in [0.3, 0.4) is 0 Å². The van der Waals surface area contributed by atoms with E-state index in [1.54, 1.807) is 0 Å². The molecule has 0 saturated heterocycles. The second kappa shape index (κ2) is 23.1. The highest BCUT2D eigenvalue weighted by atomic mass is 32.1. The van der Waals surface area contributed by atoms with Gasteiger partial charge in [-0.25, -0.2) is 0 Å². The maximum Gasteiger partial charge on any atom is 0.0547 e. The van der Waals surface area contributed by atoms with E-state index >= 15 is 0 Å². The summed E-state index contributed by atoms with van der Waals surface area (Å²) in [5, 5.41) is 17.3. The molecule has 109 heavy (non-hydrogen) atoms. The van der Waals surface area contributed by atoms with E-state index in [4.69, 9.17) is 0 Å². The molecular formula is C102H62N6S. The Kier molecular flexibility index (Phi) is 12.7. The van der Waals surface area contributed by atoms with Gasteiger partial charge in [0.25, 0.3) is 0 Å². The summed E-state index contributed by atoms with van der Waals surface area (Å²) in [6, 6.07) is 140. The van der Waals surface area contributed by atoms with Crippen molar-refractivity contribution in [2.75, 3.05) is 0 Å². The Morgan fingerprint density at radius 2 is 0.394 bits per heavy atom. The summed E-state index contributed by atoms with van der Waals surface area (Å²) in [6.45, 7) is 0. The lowest BCUT2D eigenvalue weighted by Crippen LogP contribution is -1.98. The van der Waals surface area contributed by atoms with E-state index in [1.807, 2.05) is 11.3 Å². The summed E-state index contributed by atoms with van der Waals surface area (Å²) in [7, 11) is 0. The molecule has 7 heterocycles. The Bertz CT molecular complexity index is 7850. The third-order valence-electron chi connectivity index (χ3n) is 23.3. The number of nitrogens with zero attached hydrogens (tertiary/aromatic N) is 6. The van der Waals surface area contributed by atoms with Crippen molar-refractivity contribution in [3.8, 4) is 67.5 Å². The van der Waals surface area contributed by atoms with E-state index in [9.17, 15) is 0 Å². The highest BCUT2D eigenvalue weighted by Gasteiger charge is 2.23. The van der Waals surface area contributed by atoms with Crippen LogP contribution in [0.2, 0.25) is 0 Å². The predicted molar refractivity (Wildman–Crippen MR) is 462 cm³/mol. The molecule has 7 aromatic heterocycles. The number of aromatic nitrogens is 6. The fraction of sp³-hybridized carbons (Fsp3) is 0. The quantitative estimate of drug-likeness (QED) is 0.138. The molecule has 0 radical (unpaired) electrons. The van der Waals surface area contributed by atoms with Crippen LogP contribution in [0.5, 0.6) is 0 Å². The van der Waals surface area contributed by atoms with Crippen molar-refractivity contribution >= 4 is 162 Å². The summed E-state index contributed by atoms with van der Waals surface area (Å²) >= 11 is 1.87. The monoisotopic (exact) mass is 1400 g/mol. The van der Waals surface area contributed by atoms with Crippen molar-refractivity contribution in [3.63, 3.8) is 0 Å². The fourth-order valence-electron chi connectivity index (χ4n) is 18.6. The van der Waals surface area contributed by atoms with E-state index in [-0.39, 0.29) is 0 Å². The average molecular weight is 1400 g/mol. The summed E-state index contributed by atoms with van der Waals surface area (Å²) in [5.41, 5.74) is 27.7. The minimum absolute atomic E-state index is 1.09. The summed E-state index contributed by atoms with van der Waals surface area (Å²) in [5.74, 6) is 0. The molecule has 0 bridgehead atoms. The summed E-state index contributed by atoms with van der Waals surface area (Å²) in [4.78, 5) is 0. The second-order valence-electron chi connectivity index (χ2n) is 29.2. The third kappa shape index (κ3) is 8.90. The molecule has 0 unspecified atom stereocenters. The molecule has 6 nitrogen and oxygen atoms in total. The largest absolute Gasteiger partial charge is 0.309 e. The van der Waals surface area contributed by atoms with Gasteiger partial charge < -0.3 is 27.4 Å². The van der Waals surface area contributed by atoms with Crippen LogP contribution < -0.4 is 0 Å². The van der Waals surface area contributed by atoms with E-state index in [2.05, 4.69) is 404 Å². The van der Waals surface area contributed by atoms with Gasteiger partial charge in [0.15, 0.2) is 0 Å². The van der Waals surface area contributed by atoms with Crippen molar-refractivity contribution in [3.05, 3.63) is 376 Å². The van der Waals surface area contributed by atoms with E-state index in [1.165, 1.54) is 129 Å². The molecule has 0 N–H and O–H groups in total. The van der Waals surface area contributed by atoms with E-state index < -0.39 is 0 Å². The third-order valence-corrected chi connectivity index (χ3v) is 24.5. The molecule has 0 fully saturated rings. The number of rotatable bonds is 9. The highest BCUT2D eigenvalue weighted by Crippen LogP contribution is 2.46. The Morgan fingerprint density at radius 1 is 0.128 bits per heavy atom. The lowest BCUT2D eigenvalue weighted by molar-refractivity contribution is 1.13. The molecule has 0 saturated carbocycles. The van der Waals surface area contributed by atoms with Crippen LogP contribution in [0, 0.1) is 0 Å². The van der Waals surface area contributed by atoms with E-state index in [0.29, 0.717) is 0 Å². The number of hydrogen-bond donors (Lipinski definition) is 0. The van der Waals surface area contributed by atoms with Crippen molar-refractivity contribution in [2.45, 2.75) is 0 Å². The van der Waals surface area contributed by atoms with Crippen LogP contribution in [0.4, 0.5) is 0 Å². The second-order valence-corrected chi connectivity index (χ2v) is 30.2. The van der Waals surface area contributed by atoms with Crippen molar-refractivity contribution in [2.24, 2.45) is 0 Å². The number of para-hydroxylation sites is 9. The molecule has 7 heteroatoms. The van der Waals surface area contributed by atoms with Crippen LogP contribution in [0.1, 0.15) is 0 Å². The van der Waals surface area contributed by atoms with Gasteiger partial charge >= 0.3 is 0 Å². The first-order valence-corrected chi connectivity index (χ1v) is 38.3. The van der Waals surface area contributed by atoms with Gasteiger partial charge in [0, 0.05) is 119 Å². The van der Waals surface area contributed by atoms with Crippen LogP contribution in [-0.4, -0.2) is 27.4 Å². The molecule has 0 amide bonds. The number of benzene rings is 17. The maximum absolute atomic E-state index is 2.50. The molecule has 0 aliphatic carbocycles. The Balaban J connectivity index is 0.665. The van der Waals surface area contributed by atoms with Crippen LogP contribution in [0.15, 0.2) is 376 Å². The van der Waals surface area contributed by atoms with Gasteiger partial charge in [-0.2, -0.15) is 0 Å². The molecule has 24 aromatic rings. The molecule has 0 atom stereocenters. The van der Waals surface area contributed by atoms with Crippen LogP contribution >= 0.6 is 11.3 Å². The molecule has 17 aromatic carbocycles. The lowest BCUT2D eigenvalue weighted by Gasteiger charge is -2.16. The smallest absolute Gasteiger partial charge is 0.0547 e. The minimum atomic E-state index is 1.09. The van der Waals surface area contributed by atoms with Gasteiger partial charge in [-0.3, -0.25) is 0 Å². The minimum Gasteiger partial charge on any atom is -0.309 e. The standard InChI is InChI=1S/C102H62N6S/c1-10-34-89-75(25-1)76-26-2-11-35-90(76)103(89)69-22-19-21-63(54-69)67-53-68(65-45-50-98-86(58-65)82-32-8-17-41-96(82)106(98)73-47-52-102-88(62-73)87-61-72(46-51-101(87)109-102)105-93-38-14-5-29-79(93)80-30-6-15-39-94(80)105)56-74(55-67)108-97-42-18-9-33-83(97)85-57-64(44-49-99(85)108)66-43-48-84-81-31-7-16-40-95(81)107(100(84)59-66)71-24-20-23-70(60-71)104-91-36-12-3-27-77(91)78-28-4-13-37-92(78)104/h1-62H. The first-order chi connectivity index (χ1) is 54.0. The molecule has 506 valence electrons. The molecular weight excluding hydrogens is 1340 g/mol. The van der Waals surface area contributed by atoms with Crippen molar-refractivity contribution in [1.82, 2.24) is 27.4 Å². The normalized spacial score (nSPS) is 12.2. The molecule has 0 aliphatic heterocycles. The SMILES string of the molecule is c1cc(-c2cc(-c3ccc4c(c3)c3ccccc3n4-c3ccc4sc5ccc(-n6c7ccccc7c7ccccc76)cc5c4c3)cc(-n3c4ccccc4c4cc(-c5ccc6c7ccccc7n(-c7cccc(-n8c9ccccc9c9ccccc98)c7)c6c5)ccc43)c2)cc(-n2c3ccccc3c3ccccc32)c1. The first-order valence-electron chi connectivity index (χ1n) is 37.4. The zero-order valence-corrected chi connectivity index (χ0v) is 59.7. The summed E-state index contributed by atoms with van der Waals surface area (Å²) in [6.07, 6.45) is 0. The van der Waals surface area contributed by atoms with Gasteiger partial charge in [-0.1, -0.05) is 206 Å². The topological polar surface area (TPSA) is 29.6 Å². The predicted octanol–water partition coefficient (Wildman–Crippen LogP) is 27.6. The zero-order valence-electron chi connectivity index (χ0n) is 58.9. The average Bonchev–Trinajstić information content (AvgIpc) is 1.59. The first kappa shape index (κ1) is 60.1. The molecule has 0 aliphatic rings.